The number of ether oxygens (including phenoxy) is 2. The van der Waals surface area contributed by atoms with E-state index >= 15 is 0 Å². The first-order valence-corrected chi connectivity index (χ1v) is 5.74. The van der Waals surface area contributed by atoms with E-state index < -0.39 is 12.2 Å². The minimum Gasteiger partial charge on any atom is -0.365 e. The fourth-order valence-electron chi connectivity index (χ4n) is 1.58. The van der Waals surface area contributed by atoms with Crippen LogP contribution in [0, 0.1) is 11.8 Å². The number of carbonyl (C=O) groups excluding carboxylic acids is 2. The van der Waals surface area contributed by atoms with Gasteiger partial charge in [-0.3, -0.25) is 9.59 Å². The van der Waals surface area contributed by atoms with Crippen LogP contribution in [-0.4, -0.2) is 37.0 Å². The van der Waals surface area contributed by atoms with Gasteiger partial charge in [-0.05, 0) is 0 Å². The maximum Gasteiger partial charge on any atom is 0.166 e. The number of ketones is 2. The normalized spacial score (nSPS) is 26.1. The first kappa shape index (κ1) is 13.3. The smallest absolute Gasteiger partial charge is 0.166 e. The number of Topliss-reactive ketones (excluding diaryl/α,β-unsaturated/α-hetero) is 2. The molecule has 1 rings (SSSR count). The summed E-state index contributed by atoms with van der Waals surface area (Å²) in [5, 5.41) is 0. The second-order valence-electron chi connectivity index (χ2n) is 4.76. The predicted octanol–water partition coefficient (Wildman–Crippen LogP) is 1.22. The average molecular weight is 228 g/mol. The topological polar surface area (TPSA) is 52.6 Å². The maximum atomic E-state index is 11.6. The summed E-state index contributed by atoms with van der Waals surface area (Å²) in [6.45, 7) is 7.71. The SMILES string of the molecule is CC(C)C(=O)[C@@H]1CO[C@@H](C(=O)C(C)C)CO1. The van der Waals surface area contributed by atoms with Crippen LogP contribution in [0.1, 0.15) is 27.7 Å². The van der Waals surface area contributed by atoms with E-state index in [2.05, 4.69) is 0 Å². The Bertz CT molecular complexity index is 234. The minimum absolute atomic E-state index is 0.0374. The fraction of sp³-hybridized carbons (Fsp3) is 0.833. The lowest BCUT2D eigenvalue weighted by molar-refractivity contribution is -0.170. The first-order chi connectivity index (χ1) is 7.43. The molecule has 1 aliphatic heterocycles. The van der Waals surface area contributed by atoms with Gasteiger partial charge in [0.1, 0.15) is 12.2 Å². The highest BCUT2D eigenvalue weighted by atomic mass is 16.6. The molecule has 0 unspecified atom stereocenters. The summed E-state index contributed by atoms with van der Waals surface area (Å²) in [5.41, 5.74) is 0. The number of carbonyl (C=O) groups is 2. The van der Waals surface area contributed by atoms with Gasteiger partial charge in [0.2, 0.25) is 0 Å². The highest BCUT2D eigenvalue weighted by Crippen LogP contribution is 2.14. The van der Waals surface area contributed by atoms with E-state index in [1.807, 2.05) is 27.7 Å². The fourth-order valence-corrected chi connectivity index (χ4v) is 1.58. The van der Waals surface area contributed by atoms with Crippen LogP contribution in [0.3, 0.4) is 0 Å². The molecule has 0 saturated carbocycles. The zero-order valence-corrected chi connectivity index (χ0v) is 10.4. The molecule has 92 valence electrons. The van der Waals surface area contributed by atoms with Gasteiger partial charge in [0, 0.05) is 11.8 Å². The summed E-state index contributed by atoms with van der Waals surface area (Å²) >= 11 is 0. The zero-order chi connectivity index (χ0) is 12.3. The van der Waals surface area contributed by atoms with Crippen molar-refractivity contribution in [2.24, 2.45) is 11.8 Å². The molecule has 0 N–H and O–H groups in total. The van der Waals surface area contributed by atoms with E-state index in [1.54, 1.807) is 0 Å². The first-order valence-electron chi connectivity index (χ1n) is 5.74. The van der Waals surface area contributed by atoms with E-state index in [0.29, 0.717) is 0 Å². The lowest BCUT2D eigenvalue weighted by atomic mass is 10.0. The molecule has 0 aromatic rings. The van der Waals surface area contributed by atoms with Crippen LogP contribution in [0.25, 0.3) is 0 Å². The lowest BCUT2D eigenvalue weighted by Crippen LogP contribution is -2.45. The van der Waals surface area contributed by atoms with E-state index in [9.17, 15) is 9.59 Å². The zero-order valence-electron chi connectivity index (χ0n) is 10.4. The van der Waals surface area contributed by atoms with Crippen LogP contribution >= 0.6 is 0 Å². The molecule has 1 heterocycles. The van der Waals surface area contributed by atoms with Gasteiger partial charge in [-0.15, -0.1) is 0 Å². The molecular formula is C12H20O4. The molecule has 4 nitrogen and oxygen atoms in total. The van der Waals surface area contributed by atoms with Gasteiger partial charge in [0.05, 0.1) is 13.2 Å². The van der Waals surface area contributed by atoms with Crippen molar-refractivity contribution in [2.75, 3.05) is 13.2 Å². The number of hydrogen-bond donors (Lipinski definition) is 0. The van der Waals surface area contributed by atoms with E-state index in [1.165, 1.54) is 0 Å². The van der Waals surface area contributed by atoms with Gasteiger partial charge in [-0.1, -0.05) is 27.7 Å². The summed E-state index contributed by atoms with van der Waals surface area (Å²) in [5.74, 6) is -0.0530. The van der Waals surface area contributed by atoms with Crippen molar-refractivity contribution in [3.63, 3.8) is 0 Å². The Balaban J connectivity index is 2.45. The third kappa shape index (κ3) is 3.12. The largest absolute Gasteiger partial charge is 0.365 e. The molecular weight excluding hydrogens is 208 g/mol. The Hall–Kier alpha value is -0.740. The van der Waals surface area contributed by atoms with Crippen LogP contribution in [0.5, 0.6) is 0 Å². The Morgan fingerprint density at radius 2 is 1.19 bits per heavy atom. The second-order valence-corrected chi connectivity index (χ2v) is 4.76. The van der Waals surface area contributed by atoms with Gasteiger partial charge < -0.3 is 9.47 Å². The standard InChI is InChI=1S/C12H20O4/c1-7(2)11(13)9-5-16-10(6-15-9)12(14)8(3)4/h7-10H,5-6H2,1-4H3/t9-,10+. The molecule has 0 spiro atoms. The molecule has 1 aliphatic rings. The Morgan fingerprint density at radius 3 is 1.38 bits per heavy atom. The monoisotopic (exact) mass is 228 g/mol. The Labute approximate surface area is 96.3 Å². The number of rotatable bonds is 4. The summed E-state index contributed by atoms with van der Waals surface area (Å²) < 4.78 is 10.8. The van der Waals surface area contributed by atoms with Gasteiger partial charge in [-0.2, -0.15) is 0 Å². The van der Waals surface area contributed by atoms with Crippen LogP contribution in [-0.2, 0) is 19.1 Å². The second kappa shape index (κ2) is 5.55. The highest BCUT2D eigenvalue weighted by Gasteiger charge is 2.32. The average Bonchev–Trinajstić information content (AvgIpc) is 2.27. The summed E-state index contributed by atoms with van der Waals surface area (Å²) in [4.78, 5) is 23.2. The molecule has 1 saturated heterocycles. The third-order valence-electron chi connectivity index (χ3n) is 2.67. The molecule has 0 aromatic carbocycles. The van der Waals surface area contributed by atoms with Gasteiger partial charge in [0.25, 0.3) is 0 Å². The third-order valence-corrected chi connectivity index (χ3v) is 2.67. The quantitative estimate of drug-likeness (QED) is 0.726. The molecule has 2 atom stereocenters. The molecule has 0 aromatic heterocycles. The molecule has 0 bridgehead atoms. The van der Waals surface area contributed by atoms with Crippen molar-refractivity contribution >= 4 is 11.6 Å². The van der Waals surface area contributed by atoms with Gasteiger partial charge in [-0.25, -0.2) is 0 Å². The molecule has 0 amide bonds. The highest BCUT2D eigenvalue weighted by molar-refractivity contribution is 5.87. The molecule has 0 aliphatic carbocycles. The Morgan fingerprint density at radius 1 is 0.875 bits per heavy atom. The van der Waals surface area contributed by atoms with Crippen molar-refractivity contribution in [3.8, 4) is 0 Å². The maximum absolute atomic E-state index is 11.6. The molecule has 1 fully saturated rings. The summed E-state index contributed by atoms with van der Waals surface area (Å²) in [7, 11) is 0. The molecule has 16 heavy (non-hydrogen) atoms. The van der Waals surface area contributed by atoms with Gasteiger partial charge >= 0.3 is 0 Å². The van der Waals surface area contributed by atoms with E-state index in [4.69, 9.17) is 9.47 Å². The van der Waals surface area contributed by atoms with Crippen LogP contribution in [0.2, 0.25) is 0 Å². The Kier molecular flexibility index (Phi) is 4.62. The van der Waals surface area contributed by atoms with Crippen LogP contribution in [0.15, 0.2) is 0 Å². The van der Waals surface area contributed by atoms with E-state index in [-0.39, 0.29) is 36.6 Å². The van der Waals surface area contributed by atoms with Crippen LogP contribution < -0.4 is 0 Å². The molecule has 4 heteroatoms. The lowest BCUT2D eigenvalue weighted by Gasteiger charge is -2.29. The molecule has 0 radical (unpaired) electrons. The van der Waals surface area contributed by atoms with Crippen molar-refractivity contribution in [1.82, 2.24) is 0 Å². The van der Waals surface area contributed by atoms with Crippen molar-refractivity contribution in [1.29, 1.82) is 0 Å². The van der Waals surface area contributed by atoms with Crippen LogP contribution in [0.4, 0.5) is 0 Å². The van der Waals surface area contributed by atoms with E-state index in [0.717, 1.165) is 0 Å². The summed E-state index contributed by atoms with van der Waals surface area (Å²) in [6, 6.07) is 0. The van der Waals surface area contributed by atoms with Crippen molar-refractivity contribution in [3.05, 3.63) is 0 Å². The van der Waals surface area contributed by atoms with Crippen molar-refractivity contribution < 1.29 is 19.1 Å². The summed E-state index contributed by atoms with van der Waals surface area (Å²) in [6.07, 6.45) is -1.01. The minimum atomic E-state index is -0.504. The van der Waals surface area contributed by atoms with Crippen molar-refractivity contribution in [2.45, 2.75) is 39.9 Å². The predicted molar refractivity (Wildman–Crippen MR) is 59.2 cm³/mol. The van der Waals surface area contributed by atoms with Gasteiger partial charge in [0.15, 0.2) is 11.6 Å². The number of hydrogen-bond acceptors (Lipinski definition) is 4.